The van der Waals surface area contributed by atoms with E-state index in [-0.39, 0.29) is 11.9 Å². The summed E-state index contributed by atoms with van der Waals surface area (Å²) in [5.74, 6) is 1.59. The molecule has 0 radical (unpaired) electrons. The highest BCUT2D eigenvalue weighted by atomic mass is 19.1. The van der Waals surface area contributed by atoms with Crippen molar-refractivity contribution >= 4 is 0 Å². The number of hydrogen-bond donors (Lipinski definition) is 0. The molecular formula is C19H27FO2. The number of halogens is 1. The van der Waals surface area contributed by atoms with Crippen molar-refractivity contribution in [3.05, 3.63) is 23.5 Å². The molecule has 0 N–H and O–H groups in total. The van der Waals surface area contributed by atoms with Gasteiger partial charge in [-0.05, 0) is 38.2 Å². The first-order valence-corrected chi connectivity index (χ1v) is 8.86. The lowest BCUT2D eigenvalue weighted by Gasteiger charge is -2.30. The minimum Gasteiger partial charge on any atom is -0.491 e. The van der Waals surface area contributed by atoms with Crippen molar-refractivity contribution in [1.82, 2.24) is 0 Å². The maximum Gasteiger partial charge on any atom is 0.207 e. The van der Waals surface area contributed by atoms with Crippen LogP contribution in [0.4, 0.5) is 4.39 Å². The second-order valence-corrected chi connectivity index (χ2v) is 6.67. The van der Waals surface area contributed by atoms with Crippen LogP contribution in [0.2, 0.25) is 0 Å². The van der Waals surface area contributed by atoms with Crippen molar-refractivity contribution in [2.45, 2.75) is 70.8 Å². The highest BCUT2D eigenvalue weighted by Crippen LogP contribution is 2.50. The van der Waals surface area contributed by atoms with Crippen molar-refractivity contribution in [2.75, 3.05) is 6.61 Å². The van der Waals surface area contributed by atoms with Gasteiger partial charge in [0.25, 0.3) is 0 Å². The number of unbranched alkanes of at least 4 members (excludes halogenated alkanes) is 2. The van der Waals surface area contributed by atoms with E-state index in [1.807, 2.05) is 13.0 Å². The van der Waals surface area contributed by atoms with E-state index in [9.17, 15) is 4.39 Å². The quantitative estimate of drug-likeness (QED) is 0.651. The monoisotopic (exact) mass is 306 g/mol. The van der Waals surface area contributed by atoms with Gasteiger partial charge in [0, 0.05) is 11.5 Å². The molecule has 2 aliphatic rings. The Morgan fingerprint density at radius 1 is 1.23 bits per heavy atom. The average Bonchev–Trinajstić information content (AvgIpc) is 2.89. The molecule has 2 nitrogen and oxygen atoms in total. The lowest BCUT2D eigenvalue weighted by molar-refractivity contribution is 0.121. The summed E-state index contributed by atoms with van der Waals surface area (Å²) < 4.78 is 25.9. The molecular weight excluding hydrogens is 279 g/mol. The van der Waals surface area contributed by atoms with Crippen molar-refractivity contribution in [1.29, 1.82) is 0 Å². The first kappa shape index (κ1) is 15.6. The molecule has 1 fully saturated rings. The smallest absolute Gasteiger partial charge is 0.207 e. The number of benzene rings is 1. The van der Waals surface area contributed by atoms with Gasteiger partial charge in [0.2, 0.25) is 5.82 Å². The summed E-state index contributed by atoms with van der Waals surface area (Å²) in [7, 11) is 0. The van der Waals surface area contributed by atoms with Crippen LogP contribution >= 0.6 is 0 Å². The lowest BCUT2D eigenvalue weighted by Crippen LogP contribution is -2.28. The predicted octanol–water partition coefficient (Wildman–Crippen LogP) is 5.45. The minimum atomic E-state index is -0.309. The van der Waals surface area contributed by atoms with Gasteiger partial charge >= 0.3 is 0 Å². The molecule has 3 rings (SSSR count). The normalized spacial score (nSPS) is 26.2. The van der Waals surface area contributed by atoms with Gasteiger partial charge in [-0.2, -0.15) is 4.39 Å². The molecule has 1 aromatic rings. The van der Waals surface area contributed by atoms with E-state index in [0.29, 0.717) is 24.0 Å². The number of ether oxygens (including phenoxy) is 2. The summed E-state index contributed by atoms with van der Waals surface area (Å²) in [5, 5.41) is 0. The first-order chi connectivity index (χ1) is 10.7. The Labute approximate surface area is 133 Å². The maximum atomic E-state index is 14.5. The fourth-order valence-corrected chi connectivity index (χ4v) is 4.03. The second kappa shape index (κ2) is 6.89. The van der Waals surface area contributed by atoms with Crippen LogP contribution < -0.4 is 9.47 Å². The zero-order valence-electron chi connectivity index (χ0n) is 13.7. The van der Waals surface area contributed by atoms with Gasteiger partial charge < -0.3 is 9.47 Å². The van der Waals surface area contributed by atoms with Crippen LogP contribution in [0.3, 0.4) is 0 Å². The zero-order chi connectivity index (χ0) is 15.5. The van der Waals surface area contributed by atoms with Gasteiger partial charge in [-0.3, -0.25) is 0 Å². The SMILES string of the molecule is CCCCC[C@@H]1CC[C@H]2c3ccc(OCC)c(F)c3OC2C1. The first-order valence-electron chi connectivity index (χ1n) is 8.86. The molecule has 3 heteroatoms. The van der Waals surface area contributed by atoms with E-state index in [2.05, 4.69) is 6.92 Å². The van der Waals surface area contributed by atoms with Crippen LogP contribution in [0.15, 0.2) is 12.1 Å². The van der Waals surface area contributed by atoms with Gasteiger partial charge in [0.15, 0.2) is 11.5 Å². The third-order valence-electron chi connectivity index (χ3n) is 5.18. The molecule has 1 saturated carbocycles. The molecule has 0 bridgehead atoms. The molecule has 0 amide bonds. The molecule has 0 aromatic heterocycles. The molecule has 22 heavy (non-hydrogen) atoms. The summed E-state index contributed by atoms with van der Waals surface area (Å²) in [6.45, 7) is 4.59. The Morgan fingerprint density at radius 2 is 2.09 bits per heavy atom. The van der Waals surface area contributed by atoms with Crippen molar-refractivity contribution in [3.8, 4) is 11.5 Å². The Kier molecular flexibility index (Phi) is 4.90. The molecule has 1 heterocycles. The standard InChI is InChI=1S/C19H27FO2/c1-3-5-6-7-13-8-9-14-15-10-11-16(21-4-2)18(20)19(15)22-17(14)12-13/h10-11,13-14,17H,3-9,12H2,1-2H3/t13-,14+,17?/m1/s1. The van der Waals surface area contributed by atoms with E-state index in [1.165, 1.54) is 32.1 Å². The fourth-order valence-electron chi connectivity index (χ4n) is 4.03. The van der Waals surface area contributed by atoms with E-state index in [1.54, 1.807) is 6.07 Å². The topological polar surface area (TPSA) is 18.5 Å². The molecule has 1 aliphatic carbocycles. The molecule has 1 aromatic carbocycles. The van der Waals surface area contributed by atoms with Crippen molar-refractivity contribution in [2.24, 2.45) is 5.92 Å². The Bertz CT molecular complexity index is 514. The van der Waals surface area contributed by atoms with Crippen LogP contribution in [0.5, 0.6) is 11.5 Å². The largest absolute Gasteiger partial charge is 0.491 e. The Morgan fingerprint density at radius 3 is 2.86 bits per heavy atom. The van der Waals surface area contributed by atoms with Crippen molar-refractivity contribution in [3.63, 3.8) is 0 Å². The molecule has 122 valence electrons. The molecule has 0 saturated heterocycles. The minimum absolute atomic E-state index is 0.168. The second-order valence-electron chi connectivity index (χ2n) is 6.67. The van der Waals surface area contributed by atoms with Crippen LogP contribution in [-0.4, -0.2) is 12.7 Å². The molecule has 1 unspecified atom stereocenters. The highest BCUT2D eigenvalue weighted by molar-refractivity contribution is 5.48. The van der Waals surface area contributed by atoms with E-state index < -0.39 is 0 Å². The van der Waals surface area contributed by atoms with Crippen LogP contribution in [-0.2, 0) is 0 Å². The van der Waals surface area contributed by atoms with Gasteiger partial charge in [-0.15, -0.1) is 0 Å². The van der Waals surface area contributed by atoms with Crippen molar-refractivity contribution < 1.29 is 13.9 Å². The van der Waals surface area contributed by atoms with Gasteiger partial charge in [0.05, 0.1) is 6.61 Å². The summed E-state index contributed by atoms with van der Waals surface area (Å²) in [4.78, 5) is 0. The van der Waals surface area contributed by atoms with Gasteiger partial charge in [-0.1, -0.05) is 38.7 Å². The maximum absolute atomic E-state index is 14.5. The average molecular weight is 306 g/mol. The van der Waals surface area contributed by atoms with Crippen LogP contribution in [0, 0.1) is 11.7 Å². The van der Waals surface area contributed by atoms with Crippen LogP contribution in [0.1, 0.15) is 70.3 Å². The lowest BCUT2D eigenvalue weighted by atomic mass is 9.76. The van der Waals surface area contributed by atoms with Gasteiger partial charge in [-0.25, -0.2) is 0 Å². The van der Waals surface area contributed by atoms with E-state index in [0.717, 1.165) is 24.3 Å². The van der Waals surface area contributed by atoms with E-state index in [4.69, 9.17) is 9.47 Å². The molecule has 1 aliphatic heterocycles. The summed E-state index contributed by atoms with van der Waals surface area (Å²) in [5.41, 5.74) is 1.05. The van der Waals surface area contributed by atoms with Gasteiger partial charge in [0.1, 0.15) is 6.10 Å². The Balaban J connectivity index is 1.69. The predicted molar refractivity (Wildman–Crippen MR) is 86.2 cm³/mol. The fraction of sp³-hybridized carbons (Fsp3) is 0.684. The summed E-state index contributed by atoms with van der Waals surface area (Å²) in [6.07, 6.45) is 8.82. The van der Waals surface area contributed by atoms with E-state index >= 15 is 0 Å². The number of hydrogen-bond acceptors (Lipinski definition) is 2. The summed E-state index contributed by atoms with van der Waals surface area (Å²) in [6, 6.07) is 3.77. The Hall–Kier alpha value is -1.25. The number of rotatable bonds is 6. The number of fused-ring (bicyclic) bond motifs is 3. The third-order valence-corrected chi connectivity index (χ3v) is 5.18. The zero-order valence-corrected chi connectivity index (χ0v) is 13.7. The highest BCUT2D eigenvalue weighted by Gasteiger charge is 2.41. The molecule has 3 atom stereocenters. The third kappa shape index (κ3) is 2.95. The summed E-state index contributed by atoms with van der Waals surface area (Å²) >= 11 is 0. The molecule has 0 spiro atoms. The van der Waals surface area contributed by atoms with Crippen LogP contribution in [0.25, 0.3) is 0 Å².